The molecule has 2 aliphatic rings. The van der Waals surface area contributed by atoms with Crippen molar-refractivity contribution in [2.24, 2.45) is 5.92 Å². The minimum Gasteiger partial charge on any atom is -0.494 e. The Labute approximate surface area is 152 Å². The van der Waals surface area contributed by atoms with E-state index in [9.17, 15) is 14.4 Å². The van der Waals surface area contributed by atoms with E-state index in [2.05, 4.69) is 5.32 Å². The van der Waals surface area contributed by atoms with E-state index in [0.717, 1.165) is 17.0 Å². The third-order valence-electron chi connectivity index (χ3n) is 4.97. The van der Waals surface area contributed by atoms with Crippen molar-refractivity contribution in [1.82, 2.24) is 4.90 Å². The number of ether oxygens (including phenoxy) is 1. The molecule has 0 unspecified atom stereocenters. The maximum Gasteiger partial charge on any atom is 0.306 e. The van der Waals surface area contributed by atoms with Gasteiger partial charge in [-0.05, 0) is 49.4 Å². The second-order valence-corrected chi connectivity index (χ2v) is 6.81. The van der Waals surface area contributed by atoms with Crippen LogP contribution in [0, 0.1) is 5.92 Å². The van der Waals surface area contributed by atoms with Crippen LogP contribution in [0.4, 0.5) is 5.69 Å². The molecule has 0 atom stereocenters. The van der Waals surface area contributed by atoms with Crippen LogP contribution in [-0.2, 0) is 20.8 Å². The Balaban J connectivity index is 1.38. The summed E-state index contributed by atoms with van der Waals surface area (Å²) in [5.41, 5.74) is 1.91. The second-order valence-electron chi connectivity index (χ2n) is 6.81. The van der Waals surface area contributed by atoms with Gasteiger partial charge in [-0.2, -0.15) is 0 Å². The normalized spacial score (nSPS) is 17.4. The zero-order chi connectivity index (χ0) is 18.5. The first-order chi connectivity index (χ1) is 12.5. The van der Waals surface area contributed by atoms with Crippen molar-refractivity contribution in [1.29, 1.82) is 0 Å². The summed E-state index contributed by atoms with van der Waals surface area (Å²) in [5, 5.41) is 11.8. The minimum atomic E-state index is -0.768. The number of carbonyl (C=O) groups excluding carboxylic acids is 2. The molecule has 2 N–H and O–H groups in total. The summed E-state index contributed by atoms with van der Waals surface area (Å²) in [6, 6.07) is 5.61. The topological polar surface area (TPSA) is 95.9 Å². The molecule has 140 valence electrons. The number of benzene rings is 1. The van der Waals surface area contributed by atoms with E-state index >= 15 is 0 Å². The van der Waals surface area contributed by atoms with Crippen molar-refractivity contribution in [3.63, 3.8) is 0 Å². The number of hydrogen-bond acceptors (Lipinski definition) is 4. The van der Waals surface area contributed by atoms with Crippen molar-refractivity contribution in [2.75, 3.05) is 25.0 Å². The third kappa shape index (κ3) is 4.53. The number of carboxylic acids is 1. The maximum absolute atomic E-state index is 12.2. The molecule has 0 bridgehead atoms. The van der Waals surface area contributed by atoms with Gasteiger partial charge in [0, 0.05) is 31.6 Å². The molecule has 1 saturated heterocycles. The lowest BCUT2D eigenvalue weighted by atomic mass is 9.97. The Morgan fingerprint density at radius 3 is 2.73 bits per heavy atom. The Morgan fingerprint density at radius 1 is 1.23 bits per heavy atom. The number of aryl methyl sites for hydroxylation is 1. The Kier molecular flexibility index (Phi) is 5.75. The van der Waals surface area contributed by atoms with Crippen LogP contribution in [0.3, 0.4) is 0 Å². The van der Waals surface area contributed by atoms with Gasteiger partial charge >= 0.3 is 5.97 Å². The van der Waals surface area contributed by atoms with E-state index in [1.54, 1.807) is 4.90 Å². The van der Waals surface area contributed by atoms with Gasteiger partial charge in [-0.1, -0.05) is 0 Å². The molecule has 2 aliphatic heterocycles. The summed E-state index contributed by atoms with van der Waals surface area (Å²) in [5.74, 6) is -0.247. The van der Waals surface area contributed by atoms with Crippen LogP contribution < -0.4 is 10.1 Å². The summed E-state index contributed by atoms with van der Waals surface area (Å²) < 4.78 is 5.72. The number of nitrogens with zero attached hydrogens (tertiary/aromatic N) is 1. The summed E-state index contributed by atoms with van der Waals surface area (Å²) in [4.78, 5) is 36.2. The summed E-state index contributed by atoms with van der Waals surface area (Å²) in [6.45, 7) is 1.49. The molecule has 0 aromatic heterocycles. The van der Waals surface area contributed by atoms with Gasteiger partial charge in [0.15, 0.2) is 0 Å². The van der Waals surface area contributed by atoms with Crippen LogP contribution in [-0.4, -0.2) is 47.5 Å². The summed E-state index contributed by atoms with van der Waals surface area (Å²) in [7, 11) is 0. The number of rotatable bonds is 6. The fourth-order valence-corrected chi connectivity index (χ4v) is 3.40. The van der Waals surface area contributed by atoms with Crippen LogP contribution in [0.1, 0.15) is 37.7 Å². The standard InChI is InChI=1S/C19H24N2O5/c22-17-6-3-14-12-15(4-5-16(14)20-17)26-11-1-2-18(23)21-9-7-13(8-10-21)19(24)25/h4-5,12-13H,1-3,6-11H2,(H,20,22)(H,24,25). The van der Waals surface area contributed by atoms with Crippen LogP contribution in [0.15, 0.2) is 18.2 Å². The van der Waals surface area contributed by atoms with Crippen molar-refractivity contribution in [3.8, 4) is 5.75 Å². The number of nitrogens with one attached hydrogen (secondary N) is 1. The number of fused-ring (bicyclic) bond motifs is 1. The van der Waals surface area contributed by atoms with E-state index in [0.29, 0.717) is 58.2 Å². The number of carboxylic acid groups (broad SMARTS) is 1. The lowest BCUT2D eigenvalue weighted by molar-refractivity contribution is -0.145. The quantitative estimate of drug-likeness (QED) is 0.757. The average Bonchev–Trinajstić information content (AvgIpc) is 2.65. The number of aliphatic carboxylic acids is 1. The highest BCUT2D eigenvalue weighted by atomic mass is 16.5. The van der Waals surface area contributed by atoms with E-state index in [-0.39, 0.29) is 17.7 Å². The Morgan fingerprint density at radius 2 is 2.00 bits per heavy atom. The van der Waals surface area contributed by atoms with Crippen LogP contribution in [0.2, 0.25) is 0 Å². The van der Waals surface area contributed by atoms with Crippen molar-refractivity contribution >= 4 is 23.5 Å². The zero-order valence-electron chi connectivity index (χ0n) is 14.7. The number of likely N-dealkylation sites (tertiary alicyclic amines) is 1. The molecule has 2 heterocycles. The maximum atomic E-state index is 12.2. The van der Waals surface area contributed by atoms with Gasteiger partial charge in [0.2, 0.25) is 11.8 Å². The van der Waals surface area contributed by atoms with Gasteiger partial charge in [-0.15, -0.1) is 0 Å². The van der Waals surface area contributed by atoms with E-state index in [4.69, 9.17) is 9.84 Å². The van der Waals surface area contributed by atoms with Gasteiger partial charge < -0.3 is 20.1 Å². The minimum absolute atomic E-state index is 0.0390. The molecule has 1 fully saturated rings. The molecule has 2 amide bonds. The first-order valence-electron chi connectivity index (χ1n) is 9.09. The highest BCUT2D eigenvalue weighted by Gasteiger charge is 2.26. The molecular weight excluding hydrogens is 336 g/mol. The van der Waals surface area contributed by atoms with Crippen LogP contribution >= 0.6 is 0 Å². The molecule has 1 aromatic rings. The first kappa shape index (κ1) is 18.2. The molecule has 26 heavy (non-hydrogen) atoms. The Bertz CT molecular complexity index is 695. The lowest BCUT2D eigenvalue weighted by Gasteiger charge is -2.30. The van der Waals surface area contributed by atoms with Gasteiger partial charge in [-0.25, -0.2) is 0 Å². The number of hydrogen-bond donors (Lipinski definition) is 2. The summed E-state index contributed by atoms with van der Waals surface area (Å²) >= 11 is 0. The molecule has 1 aromatic carbocycles. The highest BCUT2D eigenvalue weighted by Crippen LogP contribution is 2.27. The first-order valence-corrected chi connectivity index (χ1v) is 9.09. The molecule has 0 saturated carbocycles. The molecule has 7 nitrogen and oxygen atoms in total. The van der Waals surface area contributed by atoms with Gasteiger partial charge in [-0.3, -0.25) is 14.4 Å². The number of piperidine rings is 1. The lowest BCUT2D eigenvalue weighted by Crippen LogP contribution is -2.40. The zero-order valence-corrected chi connectivity index (χ0v) is 14.7. The van der Waals surface area contributed by atoms with Gasteiger partial charge in [0.1, 0.15) is 5.75 Å². The SMILES string of the molecule is O=C1CCc2cc(OCCCC(=O)N3CCC(C(=O)O)CC3)ccc2N1. The van der Waals surface area contributed by atoms with Gasteiger partial charge in [0.05, 0.1) is 12.5 Å². The Hall–Kier alpha value is -2.57. The van der Waals surface area contributed by atoms with Crippen molar-refractivity contribution < 1.29 is 24.2 Å². The van der Waals surface area contributed by atoms with Crippen molar-refractivity contribution in [3.05, 3.63) is 23.8 Å². The number of anilines is 1. The largest absolute Gasteiger partial charge is 0.494 e. The predicted octanol–water partition coefficient (Wildman–Crippen LogP) is 2.05. The van der Waals surface area contributed by atoms with Crippen molar-refractivity contribution in [2.45, 2.75) is 38.5 Å². The smallest absolute Gasteiger partial charge is 0.306 e. The molecule has 3 rings (SSSR count). The predicted molar refractivity (Wildman–Crippen MR) is 95.1 cm³/mol. The third-order valence-corrected chi connectivity index (χ3v) is 4.97. The molecule has 0 radical (unpaired) electrons. The fourth-order valence-electron chi connectivity index (χ4n) is 3.40. The molecule has 0 aliphatic carbocycles. The average molecular weight is 360 g/mol. The molecular formula is C19H24N2O5. The van der Waals surface area contributed by atoms with Crippen LogP contribution in [0.25, 0.3) is 0 Å². The molecule has 7 heteroatoms. The highest BCUT2D eigenvalue weighted by molar-refractivity contribution is 5.94. The van der Waals surface area contributed by atoms with Gasteiger partial charge in [0.25, 0.3) is 0 Å². The fraction of sp³-hybridized carbons (Fsp3) is 0.526. The summed E-state index contributed by atoms with van der Waals surface area (Å²) in [6.07, 6.45) is 3.28. The van der Waals surface area contributed by atoms with E-state index < -0.39 is 5.97 Å². The number of carbonyl (C=O) groups is 3. The van der Waals surface area contributed by atoms with E-state index in [1.807, 2.05) is 18.2 Å². The molecule has 0 spiro atoms. The van der Waals surface area contributed by atoms with Crippen LogP contribution in [0.5, 0.6) is 5.75 Å². The second kappa shape index (κ2) is 8.21. The number of amides is 2. The monoisotopic (exact) mass is 360 g/mol. The van der Waals surface area contributed by atoms with E-state index in [1.165, 1.54) is 0 Å².